The molecule has 0 spiro atoms. The number of imide groups is 1. The van der Waals surface area contributed by atoms with Crippen molar-refractivity contribution >= 4 is 23.2 Å². The Labute approximate surface area is 160 Å². The maximum atomic E-state index is 14.0. The lowest BCUT2D eigenvalue weighted by atomic mass is 10.1. The van der Waals surface area contributed by atoms with Crippen LogP contribution in [0, 0.1) is 12.7 Å². The zero-order chi connectivity index (χ0) is 20.0. The maximum Gasteiger partial charge on any atom is 0.263 e. The third kappa shape index (κ3) is 2.67. The van der Waals surface area contributed by atoms with Crippen LogP contribution in [0.1, 0.15) is 5.56 Å². The van der Waals surface area contributed by atoms with Gasteiger partial charge in [-0.2, -0.15) is 5.11 Å². The molecule has 0 bridgehead atoms. The quantitative estimate of drug-likeness (QED) is 0.757. The van der Waals surface area contributed by atoms with Crippen molar-refractivity contribution in [2.75, 3.05) is 24.1 Å². The van der Waals surface area contributed by atoms with Crippen molar-refractivity contribution in [3.8, 4) is 11.5 Å². The van der Waals surface area contributed by atoms with Gasteiger partial charge in [-0.05, 0) is 24.6 Å². The summed E-state index contributed by atoms with van der Waals surface area (Å²) in [5.41, 5.74) is 1.13. The largest absolute Gasteiger partial charge is 0.497 e. The first kappa shape index (κ1) is 17.9. The Balaban J connectivity index is 1.71. The molecule has 8 nitrogen and oxygen atoms in total. The van der Waals surface area contributed by atoms with E-state index in [1.807, 2.05) is 0 Å². The van der Waals surface area contributed by atoms with Crippen LogP contribution >= 0.6 is 0 Å². The van der Waals surface area contributed by atoms with Gasteiger partial charge in [-0.3, -0.25) is 9.59 Å². The predicted octanol–water partition coefficient (Wildman–Crippen LogP) is 2.65. The Morgan fingerprint density at radius 1 is 0.964 bits per heavy atom. The molecule has 0 N–H and O–H groups in total. The van der Waals surface area contributed by atoms with E-state index in [1.54, 1.807) is 37.3 Å². The summed E-state index contributed by atoms with van der Waals surface area (Å²) in [5, 5.41) is 9.17. The number of amides is 2. The van der Waals surface area contributed by atoms with Gasteiger partial charge in [0.1, 0.15) is 17.3 Å². The van der Waals surface area contributed by atoms with E-state index in [0.29, 0.717) is 28.4 Å². The van der Waals surface area contributed by atoms with E-state index in [1.165, 1.54) is 25.3 Å². The molecule has 2 amide bonds. The Bertz CT molecular complexity index is 987. The molecular formula is C19H17FN4O4. The summed E-state index contributed by atoms with van der Waals surface area (Å²) in [6, 6.07) is 7.29. The maximum absolute atomic E-state index is 14.0. The SMILES string of the molecule is COc1cc(OC)cc(N2C(=O)[C@@H]3[C@@H](N=NN3c3ccc(C)c(F)c3)C2=O)c1. The van der Waals surface area contributed by atoms with Gasteiger partial charge in [0.15, 0.2) is 12.1 Å². The van der Waals surface area contributed by atoms with Gasteiger partial charge >= 0.3 is 0 Å². The third-order valence-electron chi connectivity index (χ3n) is 4.80. The number of halogens is 1. The molecule has 1 saturated heterocycles. The number of hydrogen-bond acceptors (Lipinski definition) is 7. The minimum absolute atomic E-state index is 0.311. The minimum atomic E-state index is -0.992. The van der Waals surface area contributed by atoms with Crippen LogP contribution in [-0.2, 0) is 9.59 Å². The second-order valence-corrected chi connectivity index (χ2v) is 6.46. The van der Waals surface area contributed by atoms with Crippen LogP contribution < -0.4 is 19.4 Å². The number of hydrogen-bond donors (Lipinski definition) is 0. The monoisotopic (exact) mass is 384 g/mol. The number of rotatable bonds is 4. The number of carbonyl (C=O) groups excluding carboxylic acids is 2. The standard InChI is InChI=1S/C19H17FN4O4/c1-10-4-5-11(8-15(10)20)24-17-16(21-22-24)18(25)23(19(17)26)12-6-13(27-2)9-14(7-12)28-3/h4-9,16-17H,1-3H3/t16-,17+/m1/s1. The van der Waals surface area contributed by atoms with E-state index in [0.717, 1.165) is 4.90 Å². The van der Waals surface area contributed by atoms with Crippen LogP contribution in [0.2, 0.25) is 0 Å². The topological polar surface area (TPSA) is 83.8 Å². The number of fused-ring (bicyclic) bond motifs is 1. The fraction of sp³-hybridized carbons (Fsp3) is 0.263. The Morgan fingerprint density at radius 3 is 2.25 bits per heavy atom. The summed E-state index contributed by atoms with van der Waals surface area (Å²) < 4.78 is 24.4. The number of aryl methyl sites for hydroxylation is 1. The van der Waals surface area contributed by atoms with Gasteiger partial charge in [-0.1, -0.05) is 11.3 Å². The molecule has 2 aromatic rings. The molecular weight excluding hydrogens is 367 g/mol. The average molecular weight is 384 g/mol. The second kappa shape index (κ2) is 6.59. The van der Waals surface area contributed by atoms with Crippen LogP contribution in [0.5, 0.6) is 11.5 Å². The van der Waals surface area contributed by atoms with E-state index in [9.17, 15) is 14.0 Å². The van der Waals surface area contributed by atoms with Crippen LogP contribution in [0.3, 0.4) is 0 Å². The summed E-state index contributed by atoms with van der Waals surface area (Å²) in [5.74, 6) is -0.570. The van der Waals surface area contributed by atoms with Gasteiger partial charge in [0, 0.05) is 18.2 Å². The molecule has 0 unspecified atom stereocenters. The molecule has 144 valence electrons. The molecule has 2 aromatic carbocycles. The third-order valence-corrected chi connectivity index (χ3v) is 4.80. The van der Waals surface area contributed by atoms with Crippen molar-refractivity contribution in [3.63, 3.8) is 0 Å². The molecule has 1 fully saturated rings. The second-order valence-electron chi connectivity index (χ2n) is 6.46. The normalized spacial score (nSPS) is 20.7. The average Bonchev–Trinajstić information content (AvgIpc) is 3.24. The number of ether oxygens (including phenoxy) is 2. The van der Waals surface area contributed by atoms with Crippen LogP contribution in [-0.4, -0.2) is 38.1 Å². The smallest absolute Gasteiger partial charge is 0.263 e. The number of methoxy groups -OCH3 is 2. The van der Waals surface area contributed by atoms with Crippen molar-refractivity contribution in [3.05, 3.63) is 47.8 Å². The van der Waals surface area contributed by atoms with Crippen LogP contribution in [0.15, 0.2) is 46.7 Å². The van der Waals surface area contributed by atoms with Crippen molar-refractivity contribution in [1.82, 2.24) is 0 Å². The number of carbonyl (C=O) groups is 2. The fourth-order valence-electron chi connectivity index (χ4n) is 3.27. The molecule has 0 aliphatic carbocycles. The predicted molar refractivity (Wildman–Crippen MR) is 98.1 cm³/mol. The van der Waals surface area contributed by atoms with Crippen molar-refractivity contribution < 1.29 is 23.5 Å². The van der Waals surface area contributed by atoms with Crippen LogP contribution in [0.4, 0.5) is 15.8 Å². The summed E-state index contributed by atoms with van der Waals surface area (Å²) in [6.45, 7) is 1.63. The first-order chi connectivity index (χ1) is 13.4. The Kier molecular flexibility index (Phi) is 4.21. The number of benzene rings is 2. The fourth-order valence-corrected chi connectivity index (χ4v) is 3.27. The van der Waals surface area contributed by atoms with Crippen molar-refractivity contribution in [1.29, 1.82) is 0 Å². The van der Waals surface area contributed by atoms with Gasteiger partial charge in [-0.15, -0.1) is 0 Å². The van der Waals surface area contributed by atoms with Crippen LogP contribution in [0.25, 0.3) is 0 Å². The minimum Gasteiger partial charge on any atom is -0.497 e. The molecule has 9 heteroatoms. The van der Waals surface area contributed by atoms with Crippen molar-refractivity contribution in [2.24, 2.45) is 10.3 Å². The Morgan fingerprint density at radius 2 is 1.64 bits per heavy atom. The van der Waals surface area contributed by atoms with Gasteiger partial charge in [-0.25, -0.2) is 14.3 Å². The summed E-state index contributed by atoms with van der Waals surface area (Å²) in [7, 11) is 2.95. The highest BCUT2D eigenvalue weighted by atomic mass is 19.1. The molecule has 0 aromatic heterocycles. The lowest BCUT2D eigenvalue weighted by Gasteiger charge is -2.21. The van der Waals surface area contributed by atoms with Gasteiger partial charge in [0.25, 0.3) is 11.8 Å². The summed E-state index contributed by atoms with van der Waals surface area (Å²) in [6.07, 6.45) is 0. The van der Waals surface area contributed by atoms with E-state index in [-0.39, 0.29) is 0 Å². The molecule has 2 heterocycles. The van der Waals surface area contributed by atoms with Crippen molar-refractivity contribution in [2.45, 2.75) is 19.0 Å². The number of nitrogens with zero attached hydrogens (tertiary/aromatic N) is 4. The van der Waals surface area contributed by atoms with E-state index in [4.69, 9.17) is 9.47 Å². The van der Waals surface area contributed by atoms with Gasteiger partial charge in [0.05, 0.1) is 25.6 Å². The molecule has 4 rings (SSSR count). The summed E-state index contributed by atoms with van der Waals surface area (Å²) >= 11 is 0. The lowest BCUT2D eigenvalue weighted by molar-refractivity contribution is -0.121. The highest BCUT2D eigenvalue weighted by molar-refractivity contribution is 6.26. The summed E-state index contributed by atoms with van der Waals surface area (Å²) in [4.78, 5) is 27.0. The molecule has 0 radical (unpaired) electrons. The Hall–Kier alpha value is -3.49. The number of anilines is 2. The first-order valence-corrected chi connectivity index (χ1v) is 8.51. The van der Waals surface area contributed by atoms with E-state index in [2.05, 4.69) is 10.3 Å². The molecule has 2 atom stereocenters. The molecule has 2 aliphatic rings. The zero-order valence-corrected chi connectivity index (χ0v) is 15.4. The van der Waals surface area contributed by atoms with E-state index >= 15 is 0 Å². The lowest BCUT2D eigenvalue weighted by Crippen LogP contribution is -2.40. The highest BCUT2D eigenvalue weighted by Gasteiger charge is 2.55. The van der Waals surface area contributed by atoms with E-state index < -0.39 is 29.7 Å². The van der Waals surface area contributed by atoms with Gasteiger partial charge in [0.2, 0.25) is 0 Å². The highest BCUT2D eigenvalue weighted by Crippen LogP contribution is 2.37. The van der Waals surface area contributed by atoms with Gasteiger partial charge < -0.3 is 9.47 Å². The molecule has 28 heavy (non-hydrogen) atoms. The zero-order valence-electron chi connectivity index (χ0n) is 15.4. The molecule has 2 aliphatic heterocycles. The molecule has 0 saturated carbocycles. The first-order valence-electron chi connectivity index (χ1n) is 8.51.